The Morgan fingerprint density at radius 2 is 1.42 bits per heavy atom. The van der Waals surface area contributed by atoms with Crippen LogP contribution in [0.4, 0.5) is 9.59 Å². The molecule has 0 spiro atoms. The standard InChI is InChI=1S/C41H38BrN7O6/c42-33-16-13-28(14-17-33)21-36(47-41(54)55-26-30-9-6-18-43-23-30)39(52)46-35(22-29-12-15-31-10-4-5-11-32(31)19-29)38(51)45-34(20-27-7-2-1-3-8-27)24-44-49-25-37(50)48-40(49)53/h1-19,23-24,34-36H,20-22,25-26H2,(H,45,51)(H,46,52)(H,47,54)(H,48,50,53). The van der Waals surface area contributed by atoms with Gasteiger partial charge in [0, 0.05) is 41.5 Å². The van der Waals surface area contributed by atoms with E-state index in [1.807, 2.05) is 97.1 Å². The number of carbonyl (C=O) groups is 5. The summed E-state index contributed by atoms with van der Waals surface area (Å²) in [4.78, 5) is 69.6. The number of rotatable bonds is 15. The number of fused-ring (bicyclic) bond motifs is 1. The van der Waals surface area contributed by atoms with E-state index in [0.29, 0.717) is 12.0 Å². The number of carbonyl (C=O) groups excluding carboxylic acids is 5. The Hall–Kier alpha value is -6.41. The van der Waals surface area contributed by atoms with Crippen molar-refractivity contribution in [2.45, 2.75) is 44.0 Å². The molecule has 1 saturated heterocycles. The molecule has 4 N–H and O–H groups in total. The number of imide groups is 1. The van der Waals surface area contributed by atoms with Gasteiger partial charge in [-0.1, -0.05) is 107 Å². The predicted octanol–water partition coefficient (Wildman–Crippen LogP) is 4.83. The van der Waals surface area contributed by atoms with Crippen molar-refractivity contribution in [2.24, 2.45) is 5.10 Å². The number of amides is 6. The number of ether oxygens (including phenoxy) is 1. The molecule has 5 aromatic rings. The van der Waals surface area contributed by atoms with E-state index in [1.165, 1.54) is 6.21 Å². The fraction of sp³-hybridized carbons (Fsp3) is 0.195. The van der Waals surface area contributed by atoms with Crippen LogP contribution in [0.25, 0.3) is 10.8 Å². The molecule has 3 atom stereocenters. The van der Waals surface area contributed by atoms with Crippen molar-refractivity contribution in [1.82, 2.24) is 31.3 Å². The molecule has 0 bridgehead atoms. The van der Waals surface area contributed by atoms with Gasteiger partial charge in [0.25, 0.3) is 0 Å². The second-order valence-corrected chi connectivity index (χ2v) is 13.8. The minimum atomic E-state index is -1.12. The molecule has 14 heteroatoms. The summed E-state index contributed by atoms with van der Waals surface area (Å²) < 4.78 is 6.27. The largest absolute Gasteiger partial charge is 0.445 e. The maximum absolute atomic E-state index is 14.3. The van der Waals surface area contributed by atoms with E-state index in [0.717, 1.165) is 36.9 Å². The molecule has 0 radical (unpaired) electrons. The van der Waals surface area contributed by atoms with Crippen LogP contribution >= 0.6 is 15.9 Å². The average molecular weight is 805 g/mol. The van der Waals surface area contributed by atoms with Gasteiger partial charge in [-0.25, -0.2) is 14.6 Å². The van der Waals surface area contributed by atoms with Crippen LogP contribution < -0.4 is 21.3 Å². The van der Waals surface area contributed by atoms with Crippen LogP contribution in [0.2, 0.25) is 0 Å². The van der Waals surface area contributed by atoms with E-state index in [4.69, 9.17) is 4.74 Å². The molecular formula is C41H38BrN7O6. The van der Waals surface area contributed by atoms with Crippen LogP contribution in [0.3, 0.4) is 0 Å². The van der Waals surface area contributed by atoms with E-state index < -0.39 is 48.0 Å². The number of halogens is 1. The van der Waals surface area contributed by atoms with Crippen molar-refractivity contribution in [3.8, 4) is 0 Å². The van der Waals surface area contributed by atoms with E-state index in [9.17, 15) is 24.0 Å². The average Bonchev–Trinajstić information content (AvgIpc) is 3.52. The molecule has 6 rings (SSSR count). The number of pyridine rings is 1. The van der Waals surface area contributed by atoms with Crippen LogP contribution in [-0.4, -0.2) is 70.7 Å². The van der Waals surface area contributed by atoms with Crippen LogP contribution in [0, 0.1) is 0 Å². The minimum absolute atomic E-state index is 0.0586. The van der Waals surface area contributed by atoms with Gasteiger partial charge in [0.2, 0.25) is 17.7 Å². The first-order chi connectivity index (χ1) is 26.7. The second kappa shape index (κ2) is 18.6. The Morgan fingerprint density at radius 3 is 2.15 bits per heavy atom. The molecular weight excluding hydrogens is 766 g/mol. The fourth-order valence-corrected chi connectivity index (χ4v) is 6.21. The summed E-state index contributed by atoms with van der Waals surface area (Å²) >= 11 is 3.43. The van der Waals surface area contributed by atoms with Crippen molar-refractivity contribution in [1.29, 1.82) is 0 Å². The summed E-state index contributed by atoms with van der Waals surface area (Å²) in [5.74, 6) is -1.63. The predicted molar refractivity (Wildman–Crippen MR) is 210 cm³/mol. The highest BCUT2D eigenvalue weighted by molar-refractivity contribution is 9.10. The lowest BCUT2D eigenvalue weighted by Gasteiger charge is -2.25. The molecule has 0 aliphatic carbocycles. The quantitative estimate of drug-likeness (QED) is 0.0868. The Kier molecular flexibility index (Phi) is 12.9. The van der Waals surface area contributed by atoms with Crippen molar-refractivity contribution in [2.75, 3.05) is 6.54 Å². The van der Waals surface area contributed by atoms with Crippen molar-refractivity contribution >= 4 is 62.8 Å². The summed E-state index contributed by atoms with van der Waals surface area (Å²) in [5.41, 5.74) is 3.09. The number of hydrogen-bond donors (Lipinski definition) is 4. The second-order valence-electron chi connectivity index (χ2n) is 12.9. The Bertz CT molecular complexity index is 2170. The first-order valence-corrected chi connectivity index (χ1v) is 18.3. The van der Waals surface area contributed by atoms with Crippen molar-refractivity contribution in [3.63, 3.8) is 0 Å². The number of hydrazone groups is 1. The number of nitrogens with zero attached hydrogens (tertiary/aromatic N) is 3. The molecule has 4 aromatic carbocycles. The fourth-order valence-electron chi connectivity index (χ4n) is 5.94. The lowest BCUT2D eigenvalue weighted by Crippen LogP contribution is -2.56. The molecule has 3 unspecified atom stereocenters. The zero-order chi connectivity index (χ0) is 38.6. The molecule has 13 nitrogen and oxygen atoms in total. The zero-order valence-electron chi connectivity index (χ0n) is 29.6. The zero-order valence-corrected chi connectivity index (χ0v) is 31.1. The van der Waals surface area contributed by atoms with Gasteiger partial charge >= 0.3 is 12.1 Å². The Labute approximate surface area is 325 Å². The molecule has 2 heterocycles. The number of nitrogens with one attached hydrogen (secondary N) is 4. The highest BCUT2D eigenvalue weighted by Gasteiger charge is 2.30. The number of benzene rings is 4. The molecule has 1 aromatic heterocycles. The first-order valence-electron chi connectivity index (χ1n) is 17.5. The lowest BCUT2D eigenvalue weighted by molar-refractivity contribution is -0.130. The number of aromatic nitrogens is 1. The van der Waals surface area contributed by atoms with Crippen LogP contribution in [-0.2, 0) is 45.0 Å². The monoisotopic (exact) mass is 803 g/mol. The Morgan fingerprint density at radius 1 is 0.764 bits per heavy atom. The summed E-state index contributed by atoms with van der Waals surface area (Å²) in [6.07, 6.45) is 4.27. The maximum atomic E-state index is 14.3. The van der Waals surface area contributed by atoms with Crippen molar-refractivity contribution < 1.29 is 28.7 Å². The number of urea groups is 1. The van der Waals surface area contributed by atoms with E-state index >= 15 is 0 Å². The van der Waals surface area contributed by atoms with E-state index in [1.54, 1.807) is 24.5 Å². The van der Waals surface area contributed by atoms with Crippen LogP contribution in [0.1, 0.15) is 22.3 Å². The molecule has 55 heavy (non-hydrogen) atoms. The SMILES string of the molecule is O=C1CN(N=CC(Cc2ccccc2)NC(=O)C(Cc2ccc3ccccc3c2)NC(=O)C(Cc2ccc(Br)cc2)NC(=O)OCc2cccnc2)C(=O)N1. The number of hydrogen-bond acceptors (Lipinski definition) is 8. The van der Waals surface area contributed by atoms with Gasteiger partial charge < -0.3 is 20.7 Å². The molecule has 6 amide bonds. The minimum Gasteiger partial charge on any atom is -0.445 e. The summed E-state index contributed by atoms with van der Waals surface area (Å²) in [6.45, 7) is -0.309. The van der Waals surface area contributed by atoms with Crippen LogP contribution in [0.5, 0.6) is 0 Å². The van der Waals surface area contributed by atoms with E-state index in [2.05, 4.69) is 47.3 Å². The lowest BCUT2D eigenvalue weighted by atomic mass is 9.99. The molecule has 1 aliphatic rings. The van der Waals surface area contributed by atoms with Gasteiger partial charge in [-0.05, 0) is 52.1 Å². The summed E-state index contributed by atoms with van der Waals surface area (Å²) in [5, 5.41) is 17.9. The van der Waals surface area contributed by atoms with Gasteiger partial charge in [-0.15, -0.1) is 0 Å². The maximum Gasteiger partial charge on any atom is 0.408 e. The van der Waals surface area contributed by atoms with Crippen LogP contribution in [0.15, 0.2) is 131 Å². The van der Waals surface area contributed by atoms with E-state index in [-0.39, 0.29) is 26.0 Å². The highest BCUT2D eigenvalue weighted by Crippen LogP contribution is 2.18. The first kappa shape index (κ1) is 38.3. The van der Waals surface area contributed by atoms with Gasteiger partial charge in [-0.3, -0.25) is 24.7 Å². The highest BCUT2D eigenvalue weighted by atomic mass is 79.9. The molecule has 0 saturated carbocycles. The third-order valence-corrected chi connectivity index (χ3v) is 9.26. The third-order valence-electron chi connectivity index (χ3n) is 8.73. The van der Waals surface area contributed by atoms with Crippen molar-refractivity contribution in [3.05, 3.63) is 148 Å². The van der Waals surface area contributed by atoms with Gasteiger partial charge in [-0.2, -0.15) is 5.10 Å². The Balaban J connectivity index is 1.26. The third kappa shape index (κ3) is 11.3. The molecule has 1 aliphatic heterocycles. The normalized spacial score (nSPS) is 14.2. The van der Waals surface area contributed by atoms with Gasteiger partial charge in [0.05, 0.1) is 6.04 Å². The summed E-state index contributed by atoms with van der Waals surface area (Å²) in [6, 6.07) is 30.1. The number of alkyl carbamates (subject to hydrolysis) is 1. The molecule has 280 valence electrons. The topological polar surface area (TPSA) is 171 Å². The summed E-state index contributed by atoms with van der Waals surface area (Å²) in [7, 11) is 0. The molecule has 1 fully saturated rings. The van der Waals surface area contributed by atoms with Gasteiger partial charge in [0.1, 0.15) is 25.2 Å². The van der Waals surface area contributed by atoms with Gasteiger partial charge in [0.15, 0.2) is 0 Å². The smallest absolute Gasteiger partial charge is 0.408 e.